The molecule has 43 heavy (non-hydrogen) atoms. The van der Waals surface area contributed by atoms with Gasteiger partial charge in [-0.3, -0.25) is 9.59 Å². The molecule has 0 aliphatic rings. The Hall–Kier alpha value is -3.23. The van der Waals surface area contributed by atoms with Crippen LogP contribution in [-0.2, 0) is 16.1 Å². The maximum atomic E-state index is 13.2. The van der Waals surface area contributed by atoms with E-state index < -0.39 is 24.0 Å². The van der Waals surface area contributed by atoms with Crippen molar-refractivity contribution in [3.63, 3.8) is 0 Å². The van der Waals surface area contributed by atoms with Gasteiger partial charge < -0.3 is 14.6 Å². The number of para-hydroxylation sites is 1. The van der Waals surface area contributed by atoms with Crippen molar-refractivity contribution in [2.75, 3.05) is 0 Å². The molecule has 1 aromatic heterocycles. The summed E-state index contributed by atoms with van der Waals surface area (Å²) in [5.41, 5.74) is 6.45. The second-order valence-electron chi connectivity index (χ2n) is 10.6. The number of hydrogen-bond acceptors (Lipinski definition) is 4. The van der Waals surface area contributed by atoms with E-state index in [4.69, 9.17) is 51.1 Å². The number of amides is 2. The summed E-state index contributed by atoms with van der Waals surface area (Å²) in [4.78, 5) is 26.1. The predicted molar refractivity (Wildman–Crippen MR) is 176 cm³/mol. The first-order chi connectivity index (χ1) is 20.4. The van der Waals surface area contributed by atoms with E-state index in [2.05, 4.69) is 20.4 Å². The number of hydrogen-bond donors (Lipinski definition) is 2. The molecular formula is C32H32Cl4N4O3. The van der Waals surface area contributed by atoms with E-state index in [1.807, 2.05) is 57.2 Å². The Labute approximate surface area is 271 Å². The second-order valence-corrected chi connectivity index (χ2v) is 12.3. The Kier molecular flexibility index (Phi) is 11.0. The third-order valence-corrected chi connectivity index (χ3v) is 8.15. The zero-order valence-corrected chi connectivity index (χ0v) is 27.2. The molecule has 0 aliphatic heterocycles. The molecule has 3 aromatic carbocycles. The van der Waals surface area contributed by atoms with Crippen LogP contribution in [0.1, 0.15) is 44.0 Å². The average molecular weight is 662 g/mol. The molecule has 226 valence electrons. The van der Waals surface area contributed by atoms with Crippen LogP contribution in [0.5, 0.6) is 5.75 Å². The van der Waals surface area contributed by atoms with E-state index in [0.717, 1.165) is 27.7 Å². The smallest absolute Gasteiger partial charge is 0.262 e. The van der Waals surface area contributed by atoms with Crippen LogP contribution in [0, 0.1) is 12.8 Å². The molecule has 0 fully saturated rings. The monoisotopic (exact) mass is 660 g/mol. The number of carbonyl (C=O) groups excluding carboxylic acids is 2. The van der Waals surface area contributed by atoms with Gasteiger partial charge in [0.05, 0.1) is 21.3 Å². The molecule has 4 rings (SSSR count). The van der Waals surface area contributed by atoms with Crippen LogP contribution in [0.2, 0.25) is 20.1 Å². The Morgan fingerprint density at radius 2 is 1.67 bits per heavy atom. The molecule has 0 aliphatic carbocycles. The number of benzene rings is 3. The highest BCUT2D eigenvalue weighted by molar-refractivity contribution is 6.42. The number of nitrogens with zero attached hydrogens (tertiary/aromatic N) is 2. The minimum absolute atomic E-state index is 0.128. The number of rotatable bonds is 11. The van der Waals surface area contributed by atoms with Crippen molar-refractivity contribution < 1.29 is 14.3 Å². The van der Waals surface area contributed by atoms with Gasteiger partial charge >= 0.3 is 0 Å². The standard InChI is InChI=1S/C32H32Cl4N4O3/c1-18(2)13-28(38-31(41)20(4)43-30-12-10-22(33)15-27(30)36)32(42)39-37-16-24-19(3)40(29-8-6-5-7-23(24)29)17-21-9-11-25(34)26(35)14-21/h5-12,14-16,18,20,28H,13,17H2,1-4H3,(H,38,41)(H,39,42)/b37-16-/t20-,28+/m1/s1. The first-order valence-corrected chi connectivity index (χ1v) is 15.2. The van der Waals surface area contributed by atoms with Crippen LogP contribution < -0.4 is 15.5 Å². The lowest BCUT2D eigenvalue weighted by Gasteiger charge is -2.22. The number of ether oxygens (including phenoxy) is 1. The highest BCUT2D eigenvalue weighted by atomic mass is 35.5. The minimum atomic E-state index is -0.908. The van der Waals surface area contributed by atoms with Gasteiger partial charge in [-0.1, -0.05) is 84.5 Å². The van der Waals surface area contributed by atoms with Gasteiger partial charge in [-0.2, -0.15) is 5.10 Å². The normalized spacial score (nSPS) is 13.0. The maximum Gasteiger partial charge on any atom is 0.262 e. The molecule has 0 spiro atoms. The SMILES string of the molecule is Cc1c(/C=N\NC(=O)[C@H](CC(C)C)NC(=O)[C@@H](C)Oc2ccc(Cl)cc2Cl)c2ccccc2n1Cc1ccc(Cl)c(Cl)c1. The predicted octanol–water partition coefficient (Wildman–Crippen LogP) is 8.06. The molecule has 0 saturated heterocycles. The third kappa shape index (κ3) is 8.24. The second kappa shape index (κ2) is 14.5. The fraction of sp³-hybridized carbons (Fsp3) is 0.281. The maximum absolute atomic E-state index is 13.2. The molecule has 0 radical (unpaired) electrons. The van der Waals surface area contributed by atoms with Gasteiger partial charge in [0.2, 0.25) is 0 Å². The van der Waals surface area contributed by atoms with Crippen molar-refractivity contribution in [3.8, 4) is 5.75 Å². The molecule has 2 N–H and O–H groups in total. The summed E-state index contributed by atoms with van der Waals surface area (Å²) in [6.07, 6.45) is 1.13. The lowest BCUT2D eigenvalue weighted by Crippen LogP contribution is -2.49. The van der Waals surface area contributed by atoms with Gasteiger partial charge in [-0.15, -0.1) is 0 Å². The largest absolute Gasteiger partial charge is 0.479 e. The Morgan fingerprint density at radius 3 is 2.37 bits per heavy atom. The van der Waals surface area contributed by atoms with Gasteiger partial charge in [-0.25, -0.2) is 5.43 Å². The number of nitrogens with one attached hydrogen (secondary N) is 2. The van der Waals surface area contributed by atoms with Gasteiger partial charge in [-0.05, 0) is 68.1 Å². The first-order valence-electron chi connectivity index (χ1n) is 13.7. The van der Waals surface area contributed by atoms with E-state index in [9.17, 15) is 9.59 Å². The Balaban J connectivity index is 1.48. The quantitative estimate of drug-likeness (QED) is 0.126. The first kappa shape index (κ1) is 32.7. The van der Waals surface area contributed by atoms with Gasteiger partial charge in [0.15, 0.2) is 6.10 Å². The van der Waals surface area contributed by atoms with Crippen molar-refractivity contribution in [3.05, 3.63) is 97.6 Å². The molecule has 2 amide bonds. The van der Waals surface area contributed by atoms with Crippen molar-refractivity contribution in [2.24, 2.45) is 11.0 Å². The summed E-state index contributed by atoms with van der Waals surface area (Å²) in [6, 6.07) is 17.5. The van der Waals surface area contributed by atoms with E-state index in [-0.39, 0.29) is 10.9 Å². The molecule has 11 heteroatoms. The van der Waals surface area contributed by atoms with E-state index >= 15 is 0 Å². The van der Waals surface area contributed by atoms with Crippen molar-refractivity contribution in [2.45, 2.75) is 52.8 Å². The van der Waals surface area contributed by atoms with Crippen molar-refractivity contribution in [1.29, 1.82) is 0 Å². The van der Waals surface area contributed by atoms with Crippen LogP contribution in [0.25, 0.3) is 10.9 Å². The van der Waals surface area contributed by atoms with Crippen LogP contribution >= 0.6 is 46.4 Å². The Bertz CT molecular complexity index is 1670. The summed E-state index contributed by atoms with van der Waals surface area (Å²) >= 11 is 24.5. The number of halogens is 4. The summed E-state index contributed by atoms with van der Waals surface area (Å²) in [6.45, 7) is 8.09. The molecule has 0 unspecified atom stereocenters. The molecule has 2 atom stereocenters. The lowest BCUT2D eigenvalue weighted by molar-refractivity contribution is -0.132. The molecule has 7 nitrogen and oxygen atoms in total. The summed E-state index contributed by atoms with van der Waals surface area (Å²) in [5, 5.41) is 9.78. The van der Waals surface area contributed by atoms with Gasteiger partial charge in [0.25, 0.3) is 11.8 Å². The minimum Gasteiger partial charge on any atom is -0.479 e. The fourth-order valence-corrected chi connectivity index (χ4v) is 5.46. The summed E-state index contributed by atoms with van der Waals surface area (Å²) in [7, 11) is 0. The van der Waals surface area contributed by atoms with E-state index in [0.29, 0.717) is 33.8 Å². The van der Waals surface area contributed by atoms with Crippen LogP contribution in [-0.4, -0.2) is 34.7 Å². The molecule has 4 aromatic rings. The van der Waals surface area contributed by atoms with Crippen molar-refractivity contribution >= 4 is 75.3 Å². The van der Waals surface area contributed by atoms with Crippen molar-refractivity contribution in [1.82, 2.24) is 15.3 Å². The summed E-state index contributed by atoms with van der Waals surface area (Å²) in [5.74, 6) is -0.454. The molecule has 1 heterocycles. The zero-order chi connectivity index (χ0) is 31.3. The van der Waals surface area contributed by atoms with Crippen LogP contribution in [0.15, 0.2) is 65.8 Å². The van der Waals surface area contributed by atoms with Gasteiger partial charge in [0.1, 0.15) is 11.8 Å². The number of carbonyl (C=O) groups is 2. The number of aromatic nitrogens is 1. The van der Waals surface area contributed by atoms with E-state index in [1.54, 1.807) is 31.3 Å². The fourth-order valence-electron chi connectivity index (χ4n) is 4.69. The zero-order valence-electron chi connectivity index (χ0n) is 24.1. The highest BCUT2D eigenvalue weighted by Gasteiger charge is 2.26. The van der Waals surface area contributed by atoms with Crippen LogP contribution in [0.3, 0.4) is 0 Å². The number of fused-ring (bicyclic) bond motifs is 1. The molecule has 0 bridgehead atoms. The molecular weight excluding hydrogens is 630 g/mol. The highest BCUT2D eigenvalue weighted by Crippen LogP contribution is 2.29. The average Bonchev–Trinajstić information content (AvgIpc) is 3.21. The van der Waals surface area contributed by atoms with Crippen LogP contribution in [0.4, 0.5) is 0 Å². The molecule has 0 saturated carbocycles. The lowest BCUT2D eigenvalue weighted by atomic mass is 10.0. The van der Waals surface area contributed by atoms with Gasteiger partial charge in [0, 0.05) is 33.7 Å². The third-order valence-electron chi connectivity index (χ3n) is 6.88. The number of hydrazone groups is 1. The van der Waals surface area contributed by atoms with E-state index in [1.165, 1.54) is 6.07 Å². The summed E-state index contributed by atoms with van der Waals surface area (Å²) < 4.78 is 7.88. The topological polar surface area (TPSA) is 84.7 Å². The Morgan fingerprint density at radius 1 is 0.930 bits per heavy atom.